The van der Waals surface area contributed by atoms with Crippen LogP contribution in [-0.4, -0.2) is 29.4 Å². The minimum atomic E-state index is 0.0430. The second-order valence-corrected chi connectivity index (χ2v) is 5.47. The highest BCUT2D eigenvalue weighted by atomic mass is 16.2. The van der Waals surface area contributed by atoms with Crippen molar-refractivity contribution in [3.63, 3.8) is 0 Å². The molecule has 1 unspecified atom stereocenters. The second kappa shape index (κ2) is 5.99. The summed E-state index contributed by atoms with van der Waals surface area (Å²) in [6.07, 6.45) is 4.37. The van der Waals surface area contributed by atoms with Crippen LogP contribution in [0.3, 0.4) is 0 Å². The van der Waals surface area contributed by atoms with E-state index in [2.05, 4.69) is 21.7 Å². The van der Waals surface area contributed by atoms with Crippen molar-refractivity contribution < 1.29 is 9.59 Å². The maximum atomic E-state index is 12.0. The van der Waals surface area contributed by atoms with Crippen LogP contribution in [0.1, 0.15) is 24.8 Å². The standard InChI is InChI=1S/C16H19N3O2/c20-15-8-6-12(10-18-15)19-16(21)7-5-11-9-17-14-4-2-1-3-13(11)14/h1-4,9,12,17H,5-8,10H2,(H,18,20)(H,19,21). The van der Waals surface area contributed by atoms with Crippen molar-refractivity contribution in [2.24, 2.45) is 0 Å². The fourth-order valence-electron chi connectivity index (χ4n) is 2.74. The van der Waals surface area contributed by atoms with Crippen molar-refractivity contribution in [3.8, 4) is 0 Å². The lowest BCUT2D eigenvalue weighted by Crippen LogP contribution is -2.47. The Morgan fingerprint density at radius 2 is 2.19 bits per heavy atom. The van der Waals surface area contributed by atoms with Crippen LogP contribution in [0.25, 0.3) is 10.9 Å². The number of hydrogen-bond donors (Lipinski definition) is 3. The summed E-state index contributed by atoms with van der Waals surface area (Å²) in [5.74, 6) is 0.112. The molecule has 1 atom stereocenters. The van der Waals surface area contributed by atoms with Gasteiger partial charge in [0.2, 0.25) is 11.8 Å². The molecule has 5 nitrogen and oxygen atoms in total. The van der Waals surface area contributed by atoms with Gasteiger partial charge in [-0.1, -0.05) is 18.2 Å². The van der Waals surface area contributed by atoms with Crippen molar-refractivity contribution in [1.82, 2.24) is 15.6 Å². The molecule has 0 aliphatic carbocycles. The van der Waals surface area contributed by atoms with E-state index >= 15 is 0 Å². The highest BCUT2D eigenvalue weighted by molar-refractivity contribution is 5.84. The van der Waals surface area contributed by atoms with Crippen LogP contribution in [-0.2, 0) is 16.0 Å². The summed E-state index contributed by atoms with van der Waals surface area (Å²) < 4.78 is 0. The molecule has 110 valence electrons. The number of H-pyrrole nitrogens is 1. The van der Waals surface area contributed by atoms with E-state index < -0.39 is 0 Å². The van der Waals surface area contributed by atoms with Gasteiger partial charge < -0.3 is 15.6 Å². The molecule has 0 radical (unpaired) electrons. The fourth-order valence-corrected chi connectivity index (χ4v) is 2.74. The topological polar surface area (TPSA) is 74.0 Å². The Balaban J connectivity index is 1.53. The first kappa shape index (κ1) is 13.7. The highest BCUT2D eigenvalue weighted by Gasteiger charge is 2.19. The number of hydrogen-bond acceptors (Lipinski definition) is 2. The van der Waals surface area contributed by atoms with E-state index in [1.807, 2.05) is 24.4 Å². The van der Waals surface area contributed by atoms with E-state index in [1.54, 1.807) is 0 Å². The number of carbonyl (C=O) groups is 2. The third kappa shape index (κ3) is 3.24. The molecular formula is C16H19N3O2. The summed E-state index contributed by atoms with van der Waals surface area (Å²) in [5.41, 5.74) is 2.26. The van der Waals surface area contributed by atoms with Gasteiger partial charge in [0.15, 0.2) is 0 Å². The molecule has 1 saturated heterocycles. The Hall–Kier alpha value is -2.30. The molecule has 0 spiro atoms. The summed E-state index contributed by atoms with van der Waals surface area (Å²) in [7, 11) is 0. The molecule has 2 heterocycles. The molecule has 1 fully saturated rings. The highest BCUT2D eigenvalue weighted by Crippen LogP contribution is 2.18. The van der Waals surface area contributed by atoms with Crippen LogP contribution >= 0.6 is 0 Å². The molecule has 2 amide bonds. The zero-order valence-electron chi connectivity index (χ0n) is 11.8. The van der Waals surface area contributed by atoms with E-state index in [1.165, 1.54) is 5.39 Å². The van der Waals surface area contributed by atoms with Gasteiger partial charge in [-0.3, -0.25) is 9.59 Å². The maximum absolute atomic E-state index is 12.0. The van der Waals surface area contributed by atoms with Crippen LogP contribution in [0.4, 0.5) is 0 Å². The second-order valence-electron chi connectivity index (χ2n) is 5.47. The van der Waals surface area contributed by atoms with Gasteiger partial charge >= 0.3 is 0 Å². The van der Waals surface area contributed by atoms with Crippen molar-refractivity contribution in [3.05, 3.63) is 36.0 Å². The number of para-hydroxylation sites is 1. The molecule has 2 aromatic rings. The van der Waals surface area contributed by atoms with Crippen LogP contribution in [0, 0.1) is 0 Å². The average molecular weight is 285 g/mol. The molecule has 21 heavy (non-hydrogen) atoms. The molecule has 0 bridgehead atoms. The van der Waals surface area contributed by atoms with Crippen molar-refractivity contribution >= 4 is 22.7 Å². The van der Waals surface area contributed by atoms with Gasteiger partial charge in [0.05, 0.1) is 0 Å². The summed E-state index contributed by atoms with van der Waals surface area (Å²) >= 11 is 0. The number of aryl methyl sites for hydroxylation is 1. The number of aromatic amines is 1. The lowest BCUT2D eigenvalue weighted by molar-refractivity contribution is -0.125. The number of piperidine rings is 1. The smallest absolute Gasteiger partial charge is 0.220 e. The molecular weight excluding hydrogens is 266 g/mol. The molecule has 1 aliphatic rings. The molecule has 0 saturated carbocycles. The lowest BCUT2D eigenvalue weighted by Gasteiger charge is -2.23. The lowest BCUT2D eigenvalue weighted by atomic mass is 10.1. The van der Waals surface area contributed by atoms with Crippen LogP contribution < -0.4 is 10.6 Å². The minimum absolute atomic E-state index is 0.0430. The van der Waals surface area contributed by atoms with E-state index in [0.29, 0.717) is 19.4 Å². The van der Waals surface area contributed by atoms with E-state index in [-0.39, 0.29) is 17.9 Å². The number of amides is 2. The third-order valence-corrected chi connectivity index (χ3v) is 3.93. The van der Waals surface area contributed by atoms with Gasteiger partial charge in [-0.25, -0.2) is 0 Å². The first-order chi connectivity index (χ1) is 10.2. The first-order valence-electron chi connectivity index (χ1n) is 7.33. The Kier molecular flexibility index (Phi) is 3.90. The summed E-state index contributed by atoms with van der Waals surface area (Å²) in [6, 6.07) is 8.16. The van der Waals surface area contributed by atoms with E-state index in [0.717, 1.165) is 23.9 Å². The van der Waals surface area contributed by atoms with Crippen molar-refractivity contribution in [2.45, 2.75) is 31.7 Å². The van der Waals surface area contributed by atoms with Gasteiger partial charge in [-0.05, 0) is 24.5 Å². The van der Waals surface area contributed by atoms with Gasteiger partial charge in [0.25, 0.3) is 0 Å². The normalized spacial score (nSPS) is 18.5. The van der Waals surface area contributed by atoms with Crippen LogP contribution in [0.2, 0.25) is 0 Å². The first-order valence-corrected chi connectivity index (χ1v) is 7.33. The minimum Gasteiger partial charge on any atom is -0.361 e. The summed E-state index contributed by atoms with van der Waals surface area (Å²) in [6.45, 7) is 0.539. The largest absolute Gasteiger partial charge is 0.361 e. The molecule has 3 rings (SSSR count). The number of carbonyl (C=O) groups excluding carboxylic acids is 2. The van der Waals surface area contributed by atoms with Gasteiger partial charge in [0.1, 0.15) is 0 Å². The Morgan fingerprint density at radius 3 is 3.00 bits per heavy atom. The number of fused-ring (bicyclic) bond motifs is 1. The summed E-state index contributed by atoms with van der Waals surface area (Å²) in [4.78, 5) is 26.3. The van der Waals surface area contributed by atoms with Crippen molar-refractivity contribution in [2.75, 3.05) is 6.54 Å². The molecule has 3 N–H and O–H groups in total. The Labute approximate surface area is 123 Å². The molecule has 1 aromatic carbocycles. The van der Waals surface area contributed by atoms with Gasteiger partial charge in [0, 0.05) is 42.5 Å². The average Bonchev–Trinajstić information content (AvgIpc) is 2.91. The van der Waals surface area contributed by atoms with E-state index in [4.69, 9.17) is 0 Å². The third-order valence-electron chi connectivity index (χ3n) is 3.93. The fraction of sp³-hybridized carbons (Fsp3) is 0.375. The summed E-state index contributed by atoms with van der Waals surface area (Å²) in [5, 5.41) is 6.93. The number of benzene rings is 1. The van der Waals surface area contributed by atoms with Crippen LogP contribution in [0.15, 0.2) is 30.5 Å². The van der Waals surface area contributed by atoms with E-state index in [9.17, 15) is 9.59 Å². The van der Waals surface area contributed by atoms with Crippen molar-refractivity contribution in [1.29, 1.82) is 0 Å². The van der Waals surface area contributed by atoms with Gasteiger partial charge in [-0.15, -0.1) is 0 Å². The Morgan fingerprint density at radius 1 is 1.33 bits per heavy atom. The van der Waals surface area contributed by atoms with Crippen LogP contribution in [0.5, 0.6) is 0 Å². The Bertz CT molecular complexity index is 652. The maximum Gasteiger partial charge on any atom is 0.220 e. The molecule has 5 heteroatoms. The predicted octanol–water partition coefficient (Wildman–Crippen LogP) is 1.50. The predicted molar refractivity (Wildman–Crippen MR) is 80.8 cm³/mol. The molecule has 1 aliphatic heterocycles. The number of rotatable bonds is 4. The zero-order chi connectivity index (χ0) is 14.7. The van der Waals surface area contributed by atoms with Gasteiger partial charge in [-0.2, -0.15) is 0 Å². The SMILES string of the molecule is O=C1CCC(NC(=O)CCc2c[nH]c3ccccc23)CN1. The number of nitrogens with one attached hydrogen (secondary N) is 3. The quantitative estimate of drug-likeness (QED) is 0.796. The molecule has 1 aromatic heterocycles. The monoisotopic (exact) mass is 285 g/mol. The zero-order valence-corrected chi connectivity index (χ0v) is 11.8. The number of aromatic nitrogens is 1.